The average molecular weight is 564 g/mol. The highest BCUT2D eigenvalue weighted by Crippen LogP contribution is 2.42. The largest absolute Gasteiger partial charge is 0.586 e. The molecule has 0 radical (unpaired) electrons. The molecule has 2 aliphatic rings. The molecule has 1 saturated heterocycles. The Morgan fingerprint density at radius 2 is 1.90 bits per heavy atom. The van der Waals surface area contributed by atoms with E-state index in [1.54, 1.807) is 30.3 Å². The Bertz CT molecular complexity index is 1760. The number of nitrogens with zero attached hydrogens (tertiary/aromatic N) is 5. The summed E-state index contributed by atoms with van der Waals surface area (Å²) in [4.78, 5) is 30.1. The van der Waals surface area contributed by atoms with Crippen LogP contribution in [0.4, 0.5) is 14.5 Å². The Labute approximate surface area is 231 Å². The standard InChI is InChI=1S/C28H23F2N5O6/c1-33(19-5-6-22-23(12-19)41-28(29,30)40-22)24(36)16-35-27(37)21-13-20(15-34-7-9-38-10-8-34)39-26(21)25(32-35)18-4-2-3-17(11-18)14-31/h2-6,11-13H,7-10,15-16H2,1H3. The van der Waals surface area contributed by atoms with E-state index in [1.807, 2.05) is 0 Å². The van der Waals surface area contributed by atoms with E-state index in [0.717, 1.165) is 17.8 Å². The molecule has 13 heteroatoms. The number of hydrogen-bond donors (Lipinski definition) is 0. The Hall–Kier alpha value is -4.80. The molecular weight excluding hydrogens is 540 g/mol. The van der Waals surface area contributed by atoms with Gasteiger partial charge < -0.3 is 23.5 Å². The van der Waals surface area contributed by atoms with Gasteiger partial charge in [-0.1, -0.05) is 12.1 Å². The second-order valence-electron chi connectivity index (χ2n) is 9.60. The molecule has 2 aromatic heterocycles. The van der Waals surface area contributed by atoms with Gasteiger partial charge in [-0.05, 0) is 30.3 Å². The number of fused-ring (bicyclic) bond motifs is 2. The molecule has 2 aliphatic heterocycles. The first kappa shape index (κ1) is 26.4. The van der Waals surface area contributed by atoms with Crippen molar-refractivity contribution in [1.29, 1.82) is 5.26 Å². The van der Waals surface area contributed by atoms with E-state index in [2.05, 4.69) is 25.5 Å². The van der Waals surface area contributed by atoms with Gasteiger partial charge in [-0.25, -0.2) is 4.68 Å². The smallest absolute Gasteiger partial charge is 0.457 e. The number of aromatic nitrogens is 2. The van der Waals surface area contributed by atoms with Crippen LogP contribution in [0.25, 0.3) is 22.2 Å². The van der Waals surface area contributed by atoms with Crippen LogP contribution < -0.4 is 19.9 Å². The van der Waals surface area contributed by atoms with Crippen LogP contribution in [0.3, 0.4) is 0 Å². The minimum Gasteiger partial charge on any atom is -0.457 e. The second-order valence-corrected chi connectivity index (χ2v) is 9.60. The molecule has 0 aliphatic carbocycles. The molecule has 2 aromatic carbocycles. The Morgan fingerprint density at radius 1 is 1.12 bits per heavy atom. The average Bonchev–Trinajstić information content (AvgIpc) is 3.53. The lowest BCUT2D eigenvalue weighted by molar-refractivity contribution is -0.286. The Kier molecular flexibility index (Phi) is 6.64. The summed E-state index contributed by atoms with van der Waals surface area (Å²) in [6, 6.07) is 14.4. The van der Waals surface area contributed by atoms with Crippen molar-refractivity contribution >= 4 is 22.6 Å². The lowest BCUT2D eigenvalue weighted by Gasteiger charge is -2.25. The predicted octanol–water partition coefficient (Wildman–Crippen LogP) is 3.34. The number of furan rings is 1. The zero-order chi connectivity index (χ0) is 28.7. The number of halogens is 2. The van der Waals surface area contributed by atoms with Crippen molar-refractivity contribution in [1.82, 2.24) is 14.7 Å². The van der Waals surface area contributed by atoms with Gasteiger partial charge in [-0.2, -0.15) is 10.4 Å². The molecule has 0 atom stereocenters. The number of nitriles is 1. The molecular formula is C28H23F2N5O6. The van der Waals surface area contributed by atoms with E-state index in [1.165, 1.54) is 30.1 Å². The maximum atomic E-state index is 13.5. The summed E-state index contributed by atoms with van der Waals surface area (Å²) in [7, 11) is 1.44. The van der Waals surface area contributed by atoms with Crippen LogP contribution in [0.2, 0.25) is 0 Å². The van der Waals surface area contributed by atoms with E-state index in [4.69, 9.17) is 9.15 Å². The highest BCUT2D eigenvalue weighted by Gasteiger charge is 2.43. The lowest BCUT2D eigenvalue weighted by atomic mass is 10.1. The van der Waals surface area contributed by atoms with Crippen molar-refractivity contribution in [3.05, 3.63) is 70.2 Å². The van der Waals surface area contributed by atoms with Crippen LogP contribution in [0.1, 0.15) is 11.3 Å². The molecule has 0 spiro atoms. The van der Waals surface area contributed by atoms with Crippen molar-refractivity contribution in [2.24, 2.45) is 0 Å². The fourth-order valence-corrected chi connectivity index (χ4v) is 4.74. The monoisotopic (exact) mass is 563 g/mol. The normalized spacial score (nSPS) is 16.0. The number of amides is 1. The highest BCUT2D eigenvalue weighted by molar-refractivity contribution is 5.94. The van der Waals surface area contributed by atoms with Gasteiger partial charge in [-0.15, -0.1) is 8.78 Å². The number of hydrogen-bond acceptors (Lipinski definition) is 9. The van der Waals surface area contributed by atoms with Gasteiger partial charge in [0.1, 0.15) is 18.0 Å². The summed E-state index contributed by atoms with van der Waals surface area (Å²) in [5.41, 5.74) is 1.19. The van der Waals surface area contributed by atoms with Gasteiger partial charge in [-0.3, -0.25) is 14.5 Å². The van der Waals surface area contributed by atoms with Crippen LogP contribution in [-0.4, -0.2) is 60.2 Å². The van der Waals surface area contributed by atoms with Crippen molar-refractivity contribution in [3.8, 4) is 28.8 Å². The number of ether oxygens (including phenoxy) is 3. The molecule has 41 heavy (non-hydrogen) atoms. The zero-order valence-electron chi connectivity index (χ0n) is 21.8. The zero-order valence-corrected chi connectivity index (χ0v) is 21.8. The molecule has 0 saturated carbocycles. The number of anilines is 1. The molecule has 11 nitrogen and oxygen atoms in total. The molecule has 0 N–H and O–H groups in total. The third kappa shape index (κ3) is 5.22. The Morgan fingerprint density at radius 3 is 2.68 bits per heavy atom. The maximum absolute atomic E-state index is 13.5. The minimum absolute atomic E-state index is 0.153. The number of rotatable bonds is 6. The second kappa shape index (κ2) is 10.3. The van der Waals surface area contributed by atoms with Crippen LogP contribution in [0.5, 0.6) is 11.5 Å². The molecule has 0 bridgehead atoms. The van der Waals surface area contributed by atoms with Crippen LogP contribution in [0, 0.1) is 11.3 Å². The van der Waals surface area contributed by atoms with E-state index in [0.29, 0.717) is 42.3 Å². The van der Waals surface area contributed by atoms with E-state index in [9.17, 15) is 23.6 Å². The van der Waals surface area contributed by atoms with Gasteiger partial charge in [0.25, 0.3) is 5.56 Å². The number of carbonyl (C=O) groups excluding carboxylic acids is 1. The molecule has 1 amide bonds. The van der Waals surface area contributed by atoms with Crippen molar-refractivity contribution < 1.29 is 32.2 Å². The number of benzene rings is 2. The summed E-state index contributed by atoms with van der Waals surface area (Å²) in [5, 5.41) is 14.1. The lowest BCUT2D eigenvalue weighted by Crippen LogP contribution is -2.35. The first-order valence-corrected chi connectivity index (χ1v) is 12.7. The molecule has 4 heterocycles. The van der Waals surface area contributed by atoms with Crippen molar-refractivity contribution in [2.75, 3.05) is 38.3 Å². The first-order chi connectivity index (χ1) is 19.7. The van der Waals surface area contributed by atoms with Crippen LogP contribution >= 0.6 is 0 Å². The van der Waals surface area contributed by atoms with Gasteiger partial charge in [0.05, 0.1) is 36.8 Å². The fraction of sp³-hybridized carbons (Fsp3) is 0.286. The first-order valence-electron chi connectivity index (χ1n) is 12.7. The van der Waals surface area contributed by atoms with Gasteiger partial charge >= 0.3 is 6.29 Å². The third-order valence-corrected chi connectivity index (χ3v) is 6.86. The van der Waals surface area contributed by atoms with E-state index >= 15 is 0 Å². The van der Waals surface area contributed by atoms with Crippen molar-refractivity contribution in [2.45, 2.75) is 19.4 Å². The molecule has 0 unspecified atom stereocenters. The molecule has 1 fully saturated rings. The summed E-state index contributed by atoms with van der Waals surface area (Å²) < 4.78 is 48.3. The molecule has 210 valence electrons. The number of carbonyl (C=O) groups is 1. The number of morpholine rings is 1. The SMILES string of the molecule is CN(C(=O)Cn1nc(-c2cccc(C#N)c2)c2oc(CN3CCOCC3)cc2c1=O)c1ccc2c(c1)OC(F)(F)O2. The van der Waals surface area contributed by atoms with Gasteiger partial charge in [0, 0.05) is 37.5 Å². The third-order valence-electron chi connectivity index (χ3n) is 6.86. The van der Waals surface area contributed by atoms with Crippen LogP contribution in [0.15, 0.2) is 57.7 Å². The van der Waals surface area contributed by atoms with Gasteiger partial charge in [0.15, 0.2) is 17.1 Å². The van der Waals surface area contributed by atoms with Crippen molar-refractivity contribution in [3.63, 3.8) is 0 Å². The molecule has 6 rings (SSSR count). The van der Waals surface area contributed by atoms with E-state index < -0.39 is 24.3 Å². The minimum atomic E-state index is -3.79. The summed E-state index contributed by atoms with van der Waals surface area (Å²) in [6.45, 7) is 2.64. The predicted molar refractivity (Wildman–Crippen MR) is 141 cm³/mol. The maximum Gasteiger partial charge on any atom is 0.586 e. The number of alkyl halides is 2. The Balaban J connectivity index is 1.35. The topological polar surface area (TPSA) is 123 Å². The number of likely N-dealkylation sites (N-methyl/N-ethyl adjacent to an activating group) is 1. The van der Waals surface area contributed by atoms with Crippen LogP contribution in [-0.2, 0) is 22.6 Å². The quantitative estimate of drug-likeness (QED) is 0.348. The molecule has 4 aromatic rings. The fourth-order valence-electron chi connectivity index (χ4n) is 4.74. The summed E-state index contributed by atoms with van der Waals surface area (Å²) >= 11 is 0. The summed E-state index contributed by atoms with van der Waals surface area (Å²) in [6.07, 6.45) is -3.79. The van der Waals surface area contributed by atoms with Gasteiger partial charge in [0.2, 0.25) is 5.91 Å². The summed E-state index contributed by atoms with van der Waals surface area (Å²) in [5.74, 6) is -0.357. The highest BCUT2D eigenvalue weighted by atomic mass is 19.3. The van der Waals surface area contributed by atoms with E-state index in [-0.39, 0.29) is 28.2 Å².